The molecule has 1 aromatic carbocycles. The lowest BCUT2D eigenvalue weighted by Crippen LogP contribution is -2.41. The van der Waals surface area contributed by atoms with E-state index in [1.807, 2.05) is 29.6 Å². The molecule has 1 fully saturated rings. The normalized spacial score (nSPS) is 17.0. The third-order valence-electron chi connectivity index (χ3n) is 5.24. The molecule has 29 heavy (non-hydrogen) atoms. The van der Waals surface area contributed by atoms with E-state index in [4.69, 9.17) is 4.74 Å². The lowest BCUT2D eigenvalue weighted by atomic mass is 9.99. The zero-order valence-electron chi connectivity index (χ0n) is 16.7. The van der Waals surface area contributed by atoms with Crippen LogP contribution >= 0.6 is 11.3 Å². The van der Waals surface area contributed by atoms with Crippen molar-refractivity contribution in [1.82, 2.24) is 4.90 Å². The first-order chi connectivity index (χ1) is 14.0. The van der Waals surface area contributed by atoms with Gasteiger partial charge in [-0.3, -0.25) is 9.59 Å². The quantitative estimate of drug-likeness (QED) is 0.694. The van der Waals surface area contributed by atoms with Crippen LogP contribution in [0.25, 0.3) is 0 Å². The molecule has 0 saturated carbocycles. The number of nitrogens with one attached hydrogen (secondary N) is 1. The van der Waals surface area contributed by atoms with E-state index in [0.717, 1.165) is 12.8 Å². The minimum absolute atomic E-state index is 0.162. The summed E-state index contributed by atoms with van der Waals surface area (Å²) in [6.45, 7) is 4.44. The minimum Gasteiger partial charge on any atom is -0.454 e. The largest absolute Gasteiger partial charge is 0.454 e. The predicted octanol–water partition coefficient (Wildman–Crippen LogP) is 4.05. The summed E-state index contributed by atoms with van der Waals surface area (Å²) in [6, 6.07) is 10.6. The summed E-state index contributed by atoms with van der Waals surface area (Å²) in [5.41, 5.74) is 1.88. The molecule has 2 atom stereocenters. The molecule has 1 saturated heterocycles. The molecular formula is C22H26N2O4S. The molecule has 2 heterocycles. The number of likely N-dealkylation sites (tertiary alicyclic amines) is 1. The summed E-state index contributed by atoms with van der Waals surface area (Å²) < 4.78 is 5.20. The van der Waals surface area contributed by atoms with Crippen LogP contribution in [0.1, 0.15) is 54.3 Å². The van der Waals surface area contributed by atoms with Gasteiger partial charge in [0.05, 0.1) is 4.88 Å². The molecule has 0 radical (unpaired) electrons. The Morgan fingerprint density at radius 3 is 2.66 bits per heavy atom. The Morgan fingerprint density at radius 2 is 2.00 bits per heavy atom. The van der Waals surface area contributed by atoms with Crippen LogP contribution in [0.5, 0.6) is 0 Å². The summed E-state index contributed by atoms with van der Waals surface area (Å²) in [4.78, 5) is 39.3. The monoisotopic (exact) mass is 414 g/mol. The first-order valence-corrected chi connectivity index (χ1v) is 10.8. The number of esters is 1. The van der Waals surface area contributed by atoms with Crippen LogP contribution in [0, 0.1) is 0 Å². The second-order valence-corrected chi connectivity index (χ2v) is 8.17. The molecule has 0 spiro atoms. The zero-order chi connectivity index (χ0) is 20.8. The molecule has 1 aliphatic rings. The van der Waals surface area contributed by atoms with Gasteiger partial charge < -0.3 is 15.0 Å². The van der Waals surface area contributed by atoms with Crippen molar-refractivity contribution in [3.63, 3.8) is 0 Å². The molecule has 2 amide bonds. The van der Waals surface area contributed by atoms with E-state index in [9.17, 15) is 14.4 Å². The molecule has 3 rings (SSSR count). The third-order valence-corrected chi connectivity index (χ3v) is 6.10. The molecule has 1 aliphatic heterocycles. The average Bonchev–Trinajstić information content (AvgIpc) is 3.43. The van der Waals surface area contributed by atoms with Crippen molar-refractivity contribution in [3.8, 4) is 0 Å². The smallest absolute Gasteiger partial charge is 0.329 e. The Kier molecular flexibility index (Phi) is 7.04. The second kappa shape index (κ2) is 9.69. The highest BCUT2D eigenvalue weighted by Gasteiger charge is 2.36. The van der Waals surface area contributed by atoms with Gasteiger partial charge in [0, 0.05) is 12.2 Å². The fourth-order valence-corrected chi connectivity index (χ4v) is 4.04. The summed E-state index contributed by atoms with van der Waals surface area (Å²) >= 11 is 1.35. The second-order valence-electron chi connectivity index (χ2n) is 7.22. The van der Waals surface area contributed by atoms with Crippen molar-refractivity contribution < 1.29 is 19.1 Å². The van der Waals surface area contributed by atoms with Crippen LogP contribution in [-0.2, 0) is 14.3 Å². The van der Waals surface area contributed by atoms with Crippen LogP contribution < -0.4 is 5.32 Å². The number of thiophene rings is 1. The Morgan fingerprint density at radius 1 is 1.24 bits per heavy atom. The standard InChI is InChI=1S/C22H26N2O4S/c1-3-15(2)16-8-10-17(11-9-16)23-20(25)14-28-22(27)18-6-4-12-24(18)21(26)19-7-5-13-29-19/h5,7-11,13,15,18H,3-4,6,12,14H2,1-2H3,(H,23,25)/t15-,18+/m1/s1. The van der Waals surface area contributed by atoms with Gasteiger partial charge in [0.1, 0.15) is 6.04 Å². The van der Waals surface area contributed by atoms with Crippen molar-refractivity contribution in [3.05, 3.63) is 52.2 Å². The number of nitrogens with zero attached hydrogens (tertiary/aromatic N) is 1. The van der Waals surface area contributed by atoms with Crippen LogP contribution in [0.3, 0.4) is 0 Å². The van der Waals surface area contributed by atoms with Crippen molar-refractivity contribution in [2.45, 2.75) is 45.1 Å². The van der Waals surface area contributed by atoms with E-state index in [0.29, 0.717) is 29.4 Å². The molecule has 0 bridgehead atoms. The molecule has 154 valence electrons. The Hall–Kier alpha value is -2.67. The van der Waals surface area contributed by atoms with Crippen molar-refractivity contribution in [2.75, 3.05) is 18.5 Å². The number of hydrogen-bond acceptors (Lipinski definition) is 5. The van der Waals surface area contributed by atoms with E-state index in [1.165, 1.54) is 16.9 Å². The lowest BCUT2D eigenvalue weighted by Gasteiger charge is -2.22. The van der Waals surface area contributed by atoms with Crippen LogP contribution in [0.2, 0.25) is 0 Å². The van der Waals surface area contributed by atoms with Gasteiger partial charge in [-0.2, -0.15) is 0 Å². The van der Waals surface area contributed by atoms with Gasteiger partial charge in [-0.1, -0.05) is 32.0 Å². The van der Waals surface area contributed by atoms with Gasteiger partial charge in [0.15, 0.2) is 6.61 Å². The molecule has 0 unspecified atom stereocenters. The SMILES string of the molecule is CC[C@@H](C)c1ccc(NC(=O)COC(=O)[C@@H]2CCCN2C(=O)c2cccs2)cc1. The Labute approximate surface area is 174 Å². The predicted molar refractivity (Wildman–Crippen MR) is 113 cm³/mol. The highest BCUT2D eigenvalue weighted by Crippen LogP contribution is 2.23. The van der Waals surface area contributed by atoms with Gasteiger partial charge in [-0.25, -0.2) is 4.79 Å². The van der Waals surface area contributed by atoms with Gasteiger partial charge >= 0.3 is 5.97 Å². The topological polar surface area (TPSA) is 75.7 Å². The van der Waals surface area contributed by atoms with Crippen molar-refractivity contribution in [1.29, 1.82) is 0 Å². The van der Waals surface area contributed by atoms with Crippen molar-refractivity contribution >= 4 is 34.8 Å². The van der Waals surface area contributed by atoms with E-state index in [2.05, 4.69) is 19.2 Å². The van der Waals surface area contributed by atoms with E-state index in [-0.39, 0.29) is 12.5 Å². The van der Waals surface area contributed by atoms with Gasteiger partial charge in [0.25, 0.3) is 11.8 Å². The third kappa shape index (κ3) is 5.23. The molecule has 1 N–H and O–H groups in total. The number of carbonyl (C=O) groups excluding carboxylic acids is 3. The number of carbonyl (C=O) groups is 3. The van der Waals surface area contributed by atoms with E-state index < -0.39 is 17.9 Å². The van der Waals surface area contributed by atoms with Crippen LogP contribution in [0.15, 0.2) is 41.8 Å². The highest BCUT2D eigenvalue weighted by molar-refractivity contribution is 7.12. The minimum atomic E-state index is -0.632. The number of rotatable bonds is 7. The molecular weight excluding hydrogens is 388 g/mol. The summed E-state index contributed by atoms with van der Waals surface area (Å²) in [6.07, 6.45) is 2.34. The number of amides is 2. The number of hydrogen-bond donors (Lipinski definition) is 1. The molecule has 2 aromatic rings. The summed E-state index contributed by atoms with van der Waals surface area (Å²) in [5.74, 6) is -0.629. The van der Waals surface area contributed by atoms with Crippen LogP contribution in [0.4, 0.5) is 5.69 Å². The lowest BCUT2D eigenvalue weighted by molar-refractivity contribution is -0.151. The highest BCUT2D eigenvalue weighted by atomic mass is 32.1. The van der Waals surface area contributed by atoms with E-state index >= 15 is 0 Å². The maximum absolute atomic E-state index is 12.5. The Balaban J connectivity index is 1.50. The number of ether oxygens (including phenoxy) is 1. The molecule has 6 nitrogen and oxygen atoms in total. The maximum atomic E-state index is 12.5. The van der Waals surface area contributed by atoms with Gasteiger partial charge in [0.2, 0.25) is 0 Å². The summed E-state index contributed by atoms with van der Waals surface area (Å²) in [5, 5.41) is 4.56. The first-order valence-electron chi connectivity index (χ1n) is 9.90. The van der Waals surface area contributed by atoms with E-state index in [1.54, 1.807) is 17.0 Å². The zero-order valence-corrected chi connectivity index (χ0v) is 17.5. The maximum Gasteiger partial charge on any atom is 0.329 e. The Bertz CT molecular complexity index is 848. The molecule has 0 aliphatic carbocycles. The molecule has 7 heteroatoms. The number of anilines is 1. The summed E-state index contributed by atoms with van der Waals surface area (Å²) in [7, 11) is 0. The van der Waals surface area contributed by atoms with Crippen LogP contribution in [-0.4, -0.2) is 41.9 Å². The van der Waals surface area contributed by atoms with Crippen molar-refractivity contribution in [2.24, 2.45) is 0 Å². The average molecular weight is 415 g/mol. The van der Waals surface area contributed by atoms with Gasteiger partial charge in [-0.15, -0.1) is 11.3 Å². The number of benzene rings is 1. The molecule has 1 aromatic heterocycles. The van der Waals surface area contributed by atoms with Gasteiger partial charge in [-0.05, 0) is 54.3 Å². The fraction of sp³-hybridized carbons (Fsp3) is 0.409. The first kappa shape index (κ1) is 21.0. The fourth-order valence-electron chi connectivity index (χ4n) is 3.36.